The maximum atomic E-state index is 12.6. The van der Waals surface area contributed by atoms with E-state index in [1.165, 1.54) is 7.11 Å². The van der Waals surface area contributed by atoms with Crippen molar-refractivity contribution in [2.45, 2.75) is 51.5 Å². The molecule has 0 radical (unpaired) electrons. The van der Waals surface area contributed by atoms with Crippen LogP contribution in [0.2, 0.25) is 0 Å². The van der Waals surface area contributed by atoms with Crippen molar-refractivity contribution in [2.24, 2.45) is 0 Å². The van der Waals surface area contributed by atoms with Crippen molar-refractivity contribution in [3.8, 4) is 0 Å². The van der Waals surface area contributed by atoms with Crippen molar-refractivity contribution in [2.75, 3.05) is 20.2 Å². The maximum Gasteiger partial charge on any atom is 0.357 e. The van der Waals surface area contributed by atoms with Crippen LogP contribution in [0.1, 0.15) is 46.0 Å². The molecule has 7 heteroatoms. The average Bonchev–Trinajstić information content (AvgIpc) is 2.91. The Morgan fingerprint density at radius 2 is 2.24 bits per heavy atom. The number of hydrogen-bond acceptors (Lipinski definition) is 7. The normalized spacial score (nSPS) is 22.9. The molecule has 0 aromatic heterocycles. The highest BCUT2D eigenvalue weighted by Crippen LogP contribution is 2.26. The van der Waals surface area contributed by atoms with Gasteiger partial charge >= 0.3 is 5.97 Å². The van der Waals surface area contributed by atoms with Gasteiger partial charge in [-0.25, -0.2) is 10.2 Å². The highest BCUT2D eigenvalue weighted by atomic mass is 16.6. The second-order valence-corrected chi connectivity index (χ2v) is 5.46. The van der Waals surface area contributed by atoms with E-state index in [9.17, 15) is 15.1 Å². The molecule has 0 saturated carbocycles. The second-order valence-electron chi connectivity index (χ2n) is 5.46. The summed E-state index contributed by atoms with van der Waals surface area (Å²) >= 11 is 0. The average molecular weight is 300 g/mol. The lowest BCUT2D eigenvalue weighted by Crippen LogP contribution is -2.49. The lowest BCUT2D eigenvalue weighted by Gasteiger charge is -2.36. The highest BCUT2D eigenvalue weighted by molar-refractivity contribution is 5.88. The number of hydrazine groups is 1. The first-order chi connectivity index (χ1) is 9.96. The van der Waals surface area contributed by atoms with E-state index in [4.69, 9.17) is 0 Å². The monoisotopic (exact) mass is 300 g/mol. The first-order valence-electron chi connectivity index (χ1n) is 7.44. The number of hydroxylamine groups is 1. The topological polar surface area (TPSA) is 96.9 Å². The van der Waals surface area contributed by atoms with Crippen molar-refractivity contribution in [1.29, 1.82) is 0 Å². The number of rotatable bonds is 8. The molecule has 1 rings (SSSR count). The standard InChI is InChI=1S/C14H27N3O4/c1-4-5-6-10-16-17(20)11(13(19)21-3)12(18)14(2)8-7-9-15-14/h15-16,18,20H,4-10H2,1-3H3/p-1/b12-11+/t14-/m1/s1. The number of methoxy groups -OCH3 is 1. The van der Waals surface area contributed by atoms with Crippen molar-refractivity contribution >= 4 is 5.97 Å². The Kier molecular flexibility index (Phi) is 6.94. The molecule has 3 N–H and O–H groups in total. The zero-order valence-corrected chi connectivity index (χ0v) is 13.1. The predicted octanol–water partition coefficient (Wildman–Crippen LogP) is 0.259. The molecule has 0 aromatic carbocycles. The van der Waals surface area contributed by atoms with E-state index >= 15 is 0 Å². The fourth-order valence-electron chi connectivity index (χ4n) is 2.36. The molecular weight excluding hydrogens is 274 g/mol. The summed E-state index contributed by atoms with van der Waals surface area (Å²) in [5.41, 5.74) is 1.44. The second kappa shape index (κ2) is 8.21. The minimum absolute atomic E-state index is 0.383. The quantitative estimate of drug-likeness (QED) is 0.194. The van der Waals surface area contributed by atoms with Crippen molar-refractivity contribution in [1.82, 2.24) is 15.9 Å². The van der Waals surface area contributed by atoms with Gasteiger partial charge in [0.2, 0.25) is 0 Å². The number of carbonyl (C=O) groups is 1. The summed E-state index contributed by atoms with van der Waals surface area (Å²) in [5.74, 6) is -1.31. The van der Waals surface area contributed by atoms with Gasteiger partial charge in [0.05, 0.1) is 7.11 Å². The summed E-state index contributed by atoms with van der Waals surface area (Å²) in [6, 6.07) is 0. The lowest BCUT2D eigenvalue weighted by molar-refractivity contribution is -0.324. The molecule has 21 heavy (non-hydrogen) atoms. The minimum Gasteiger partial charge on any atom is -0.873 e. The third kappa shape index (κ3) is 4.59. The fourth-order valence-corrected chi connectivity index (χ4v) is 2.36. The predicted molar refractivity (Wildman–Crippen MR) is 75.8 cm³/mol. The van der Waals surface area contributed by atoms with Gasteiger partial charge < -0.3 is 15.2 Å². The number of ether oxygens (including phenoxy) is 1. The van der Waals surface area contributed by atoms with Gasteiger partial charge in [-0.15, -0.1) is 0 Å². The van der Waals surface area contributed by atoms with E-state index in [1.807, 2.05) is 0 Å². The van der Waals surface area contributed by atoms with Gasteiger partial charge in [0, 0.05) is 12.1 Å². The molecule has 1 fully saturated rings. The van der Waals surface area contributed by atoms with Gasteiger partial charge in [-0.2, -0.15) is 5.17 Å². The first-order valence-corrected chi connectivity index (χ1v) is 7.44. The Labute approximate surface area is 125 Å². The lowest BCUT2D eigenvalue weighted by atomic mass is 9.96. The molecule has 1 aliphatic rings. The molecule has 0 bridgehead atoms. The number of hydrogen-bond donors (Lipinski definition) is 3. The van der Waals surface area contributed by atoms with E-state index in [0.29, 0.717) is 24.7 Å². The molecular formula is C14H26N3O4-. The molecule has 0 unspecified atom stereocenters. The third-order valence-electron chi connectivity index (χ3n) is 3.72. The van der Waals surface area contributed by atoms with Crippen molar-refractivity contribution in [3.05, 3.63) is 11.5 Å². The SMILES string of the molecule is CCCCCNN(O)/C(C(=O)OC)=C(/[O-])[C@@]1(C)CCCN1. The number of nitrogens with zero attached hydrogens (tertiary/aromatic N) is 1. The third-order valence-corrected chi connectivity index (χ3v) is 3.72. The summed E-state index contributed by atoms with van der Waals surface area (Å²) in [7, 11) is 1.19. The van der Waals surface area contributed by atoms with Gasteiger partial charge in [0.1, 0.15) is 0 Å². The Bertz CT molecular complexity index is 378. The first kappa shape index (κ1) is 17.7. The van der Waals surface area contributed by atoms with Crippen LogP contribution >= 0.6 is 0 Å². The number of unbranched alkanes of at least 4 members (excludes halogenated alkanes) is 2. The molecule has 0 amide bonds. The molecule has 1 saturated heterocycles. The van der Waals surface area contributed by atoms with Crippen LogP contribution in [0.25, 0.3) is 0 Å². The molecule has 0 aromatic rings. The number of esters is 1. The van der Waals surface area contributed by atoms with Gasteiger partial charge in [-0.1, -0.05) is 25.5 Å². The van der Waals surface area contributed by atoms with E-state index in [2.05, 4.69) is 22.4 Å². The maximum absolute atomic E-state index is 12.6. The Hall–Kier alpha value is -1.31. The van der Waals surface area contributed by atoms with Crippen LogP contribution in [-0.2, 0) is 9.53 Å². The summed E-state index contributed by atoms with van der Waals surface area (Å²) in [4.78, 5) is 11.8. The van der Waals surface area contributed by atoms with E-state index in [1.54, 1.807) is 6.92 Å². The molecule has 1 aliphatic heterocycles. The van der Waals surface area contributed by atoms with Gasteiger partial charge in [0.25, 0.3) is 0 Å². The molecule has 1 heterocycles. The highest BCUT2D eigenvalue weighted by Gasteiger charge is 2.32. The van der Waals surface area contributed by atoms with Crippen molar-refractivity contribution in [3.63, 3.8) is 0 Å². The van der Waals surface area contributed by atoms with Crippen LogP contribution in [0.4, 0.5) is 0 Å². The van der Waals surface area contributed by atoms with Gasteiger partial charge in [-0.05, 0) is 32.7 Å². The van der Waals surface area contributed by atoms with E-state index in [-0.39, 0.29) is 5.70 Å². The molecule has 0 aliphatic carbocycles. The van der Waals surface area contributed by atoms with Crippen LogP contribution in [-0.4, -0.2) is 42.1 Å². The van der Waals surface area contributed by atoms with Crippen LogP contribution < -0.4 is 15.8 Å². The molecule has 7 nitrogen and oxygen atoms in total. The van der Waals surface area contributed by atoms with Crippen LogP contribution in [0.3, 0.4) is 0 Å². The smallest absolute Gasteiger partial charge is 0.357 e. The Morgan fingerprint density at radius 1 is 1.52 bits per heavy atom. The van der Waals surface area contributed by atoms with Gasteiger partial charge in [-0.3, -0.25) is 5.21 Å². The fraction of sp³-hybridized carbons (Fsp3) is 0.786. The number of carbonyl (C=O) groups excluding carboxylic acids is 1. The van der Waals surface area contributed by atoms with Crippen LogP contribution in [0.5, 0.6) is 0 Å². The van der Waals surface area contributed by atoms with Gasteiger partial charge in [0.15, 0.2) is 5.70 Å². The zero-order chi connectivity index (χ0) is 15.9. The van der Waals surface area contributed by atoms with E-state index < -0.39 is 17.3 Å². The Balaban J connectivity index is 2.86. The minimum atomic E-state index is -0.847. The van der Waals surface area contributed by atoms with Crippen LogP contribution in [0, 0.1) is 0 Å². The summed E-state index contributed by atoms with van der Waals surface area (Å²) in [6.45, 7) is 4.99. The summed E-state index contributed by atoms with van der Waals surface area (Å²) in [6.07, 6.45) is 4.36. The molecule has 122 valence electrons. The Morgan fingerprint density at radius 3 is 2.76 bits per heavy atom. The van der Waals surface area contributed by atoms with E-state index in [0.717, 1.165) is 25.7 Å². The number of nitrogens with one attached hydrogen (secondary N) is 2. The van der Waals surface area contributed by atoms with Crippen molar-refractivity contribution < 1.29 is 19.8 Å². The molecule has 1 atom stereocenters. The molecule has 0 spiro atoms. The summed E-state index contributed by atoms with van der Waals surface area (Å²) in [5, 5.41) is 26.1. The zero-order valence-electron chi connectivity index (χ0n) is 13.1. The van der Waals surface area contributed by atoms with Crippen LogP contribution in [0.15, 0.2) is 11.5 Å². The largest absolute Gasteiger partial charge is 0.873 e. The summed E-state index contributed by atoms with van der Waals surface area (Å²) < 4.78 is 4.62.